The van der Waals surface area contributed by atoms with Gasteiger partial charge in [-0.25, -0.2) is 0 Å². The number of H-pyrrole nitrogens is 1. The van der Waals surface area contributed by atoms with Gasteiger partial charge in [0.1, 0.15) is 5.52 Å². The Bertz CT molecular complexity index is 367. The van der Waals surface area contributed by atoms with Crippen LogP contribution in [0, 0.1) is 0 Å². The molecule has 1 amide bonds. The summed E-state index contributed by atoms with van der Waals surface area (Å²) >= 11 is 0. The second-order valence-electron chi connectivity index (χ2n) is 2.44. The second-order valence-corrected chi connectivity index (χ2v) is 2.44. The molecule has 3 N–H and O–H groups in total. The second kappa shape index (κ2) is 6.31. The summed E-state index contributed by atoms with van der Waals surface area (Å²) in [6.07, 6.45) is 0. The quantitative estimate of drug-likeness (QED) is 0.689. The number of para-hydroxylation sites is 1. The number of hydrogen-bond donors (Lipinski definition) is 2. The van der Waals surface area contributed by atoms with E-state index in [1.165, 1.54) is 6.92 Å². The monoisotopic (exact) mass is 285 g/mol. The van der Waals surface area contributed by atoms with Gasteiger partial charge in [0.15, 0.2) is 0 Å². The minimum Gasteiger partial charge on any atom is -0.370 e. The van der Waals surface area contributed by atoms with E-state index in [0.717, 1.165) is 11.0 Å². The summed E-state index contributed by atoms with van der Waals surface area (Å²) in [5.41, 5.74) is 6.37. The molecule has 0 aliphatic heterocycles. The number of rotatable bonds is 0. The fourth-order valence-electron chi connectivity index (χ4n) is 0.788. The van der Waals surface area contributed by atoms with E-state index in [2.05, 4.69) is 21.1 Å². The van der Waals surface area contributed by atoms with Crippen LogP contribution in [0.1, 0.15) is 6.92 Å². The van der Waals surface area contributed by atoms with Gasteiger partial charge < -0.3 is 5.73 Å². The third-order valence-electron chi connectivity index (χ3n) is 1.23. The van der Waals surface area contributed by atoms with E-state index in [9.17, 15) is 4.79 Å². The molecule has 1 aromatic carbocycles. The number of nitrogens with one attached hydrogen (secondary N) is 1. The minimum atomic E-state index is -0.333. The summed E-state index contributed by atoms with van der Waals surface area (Å²) in [4.78, 5) is 9.22. The molecule has 1 aromatic heterocycles. The number of benzene rings is 1. The van der Waals surface area contributed by atoms with Crippen LogP contribution in [0.5, 0.6) is 0 Å². The van der Waals surface area contributed by atoms with Gasteiger partial charge in [0.25, 0.3) is 0 Å². The molecule has 0 aliphatic rings. The summed E-state index contributed by atoms with van der Waals surface area (Å²) < 4.78 is 0. The molecule has 0 saturated carbocycles. The van der Waals surface area contributed by atoms with Crippen molar-refractivity contribution in [2.45, 2.75) is 6.92 Å². The zero-order valence-electron chi connectivity index (χ0n) is 7.49. The molecule has 0 unspecified atom stereocenters. The van der Waals surface area contributed by atoms with Crippen molar-refractivity contribution in [3.05, 3.63) is 24.3 Å². The zero-order valence-corrected chi connectivity index (χ0v) is 8.97. The maximum Gasteiger partial charge on any atom is 0.214 e. The third kappa shape index (κ3) is 4.18. The fraction of sp³-hybridized carbons (Fsp3) is 0.125. The van der Waals surface area contributed by atoms with Gasteiger partial charge in [-0.1, -0.05) is 17.3 Å². The smallest absolute Gasteiger partial charge is 0.214 e. The van der Waals surface area contributed by atoms with Crippen LogP contribution >= 0.6 is 0 Å². The number of primary amides is 1. The van der Waals surface area contributed by atoms with Crippen molar-refractivity contribution in [3.8, 4) is 0 Å². The molecule has 0 atom stereocenters. The van der Waals surface area contributed by atoms with Crippen LogP contribution in [-0.4, -0.2) is 21.3 Å². The molecule has 1 heterocycles. The van der Waals surface area contributed by atoms with E-state index in [1.54, 1.807) is 0 Å². The van der Waals surface area contributed by atoms with Gasteiger partial charge in [0.05, 0.1) is 5.52 Å². The first-order valence-corrected chi connectivity index (χ1v) is 3.72. The number of aromatic nitrogens is 3. The van der Waals surface area contributed by atoms with E-state index < -0.39 is 0 Å². The summed E-state index contributed by atoms with van der Waals surface area (Å²) in [5, 5.41) is 10.2. The molecule has 0 bridgehead atoms. The molecule has 0 fully saturated rings. The molecular formula is C8H10AgN4O. The van der Waals surface area contributed by atoms with Crippen molar-refractivity contribution in [2.75, 3.05) is 0 Å². The number of hydrogen-bond acceptors (Lipinski definition) is 3. The molecular weight excluding hydrogens is 276 g/mol. The molecule has 2 rings (SSSR count). The van der Waals surface area contributed by atoms with Crippen LogP contribution in [0.25, 0.3) is 11.0 Å². The molecule has 14 heavy (non-hydrogen) atoms. The Balaban J connectivity index is 0.000000299. The Morgan fingerprint density at radius 3 is 2.57 bits per heavy atom. The van der Waals surface area contributed by atoms with Gasteiger partial charge in [-0.05, 0) is 12.1 Å². The van der Waals surface area contributed by atoms with Gasteiger partial charge in [-0.2, -0.15) is 0 Å². The van der Waals surface area contributed by atoms with E-state index in [4.69, 9.17) is 0 Å². The van der Waals surface area contributed by atoms with Crippen LogP contribution < -0.4 is 5.73 Å². The molecule has 1 radical (unpaired) electrons. The predicted octanol–water partition coefficient (Wildman–Crippen LogP) is 0.447. The normalized spacial score (nSPS) is 8.36. The van der Waals surface area contributed by atoms with Crippen LogP contribution in [0.2, 0.25) is 0 Å². The van der Waals surface area contributed by atoms with E-state index in [1.807, 2.05) is 24.3 Å². The van der Waals surface area contributed by atoms with Crippen molar-refractivity contribution in [1.82, 2.24) is 15.4 Å². The molecule has 79 valence electrons. The van der Waals surface area contributed by atoms with Crippen molar-refractivity contribution >= 4 is 16.9 Å². The third-order valence-corrected chi connectivity index (χ3v) is 1.23. The molecule has 0 spiro atoms. The Hall–Kier alpha value is -1.17. The van der Waals surface area contributed by atoms with Gasteiger partial charge in [0.2, 0.25) is 5.91 Å². The van der Waals surface area contributed by atoms with Crippen molar-refractivity contribution in [2.24, 2.45) is 5.73 Å². The minimum absolute atomic E-state index is 0. The van der Waals surface area contributed by atoms with Gasteiger partial charge in [0, 0.05) is 29.3 Å². The maximum atomic E-state index is 9.22. The SMILES string of the molecule is CC(N)=O.[Ag].c1ccc2[nH]nnc2c1. The average Bonchev–Trinajstić information content (AvgIpc) is 2.49. The average molecular weight is 286 g/mol. The summed E-state index contributed by atoms with van der Waals surface area (Å²) in [6, 6.07) is 7.74. The Labute approximate surface area is 96.6 Å². The molecule has 0 aliphatic carbocycles. The summed E-state index contributed by atoms with van der Waals surface area (Å²) in [7, 11) is 0. The van der Waals surface area contributed by atoms with Crippen LogP contribution in [0.3, 0.4) is 0 Å². The van der Waals surface area contributed by atoms with Crippen molar-refractivity contribution < 1.29 is 27.2 Å². The molecule has 6 heteroatoms. The predicted molar refractivity (Wildman–Crippen MR) is 48.8 cm³/mol. The Kier molecular flexibility index (Phi) is 5.78. The van der Waals surface area contributed by atoms with Crippen molar-refractivity contribution in [1.29, 1.82) is 0 Å². The number of fused-ring (bicyclic) bond motifs is 1. The molecule has 2 aromatic rings. The van der Waals surface area contributed by atoms with Gasteiger partial charge >= 0.3 is 0 Å². The first kappa shape index (κ1) is 12.8. The molecule has 5 nitrogen and oxygen atoms in total. The number of nitrogens with zero attached hydrogens (tertiary/aromatic N) is 2. The summed E-state index contributed by atoms with van der Waals surface area (Å²) in [5.74, 6) is -0.333. The Morgan fingerprint density at radius 2 is 2.00 bits per heavy atom. The van der Waals surface area contributed by atoms with E-state index >= 15 is 0 Å². The largest absolute Gasteiger partial charge is 0.370 e. The van der Waals surface area contributed by atoms with Crippen molar-refractivity contribution in [3.63, 3.8) is 0 Å². The van der Waals surface area contributed by atoms with E-state index in [0.29, 0.717) is 0 Å². The summed E-state index contributed by atoms with van der Waals surface area (Å²) in [6.45, 7) is 1.31. The standard InChI is InChI=1S/C6H5N3.C2H5NO.Ag/c1-2-4-6-5(3-1)7-9-8-6;1-2(3)4;/h1-4H,(H,7,8,9);1H3,(H2,3,4);. The number of aromatic amines is 1. The number of amides is 1. The first-order chi connectivity index (χ1) is 6.20. The number of carbonyl (C=O) groups is 1. The maximum absolute atomic E-state index is 9.22. The van der Waals surface area contributed by atoms with Gasteiger partial charge in [-0.3, -0.25) is 9.89 Å². The van der Waals surface area contributed by atoms with Gasteiger partial charge in [-0.15, -0.1) is 5.10 Å². The number of nitrogens with two attached hydrogens (primary N) is 1. The van der Waals surface area contributed by atoms with Crippen LogP contribution in [-0.2, 0) is 27.2 Å². The zero-order chi connectivity index (χ0) is 9.68. The first-order valence-electron chi connectivity index (χ1n) is 3.72. The fourth-order valence-corrected chi connectivity index (χ4v) is 0.788. The molecule has 0 saturated heterocycles. The van der Waals surface area contributed by atoms with E-state index in [-0.39, 0.29) is 28.3 Å². The number of carbonyl (C=O) groups excluding carboxylic acids is 1. The van der Waals surface area contributed by atoms with Crippen LogP contribution in [0.4, 0.5) is 0 Å². The Morgan fingerprint density at radius 1 is 1.43 bits per heavy atom. The topological polar surface area (TPSA) is 84.7 Å². The van der Waals surface area contributed by atoms with Crippen LogP contribution in [0.15, 0.2) is 24.3 Å².